The number of carbonyl (C=O) groups excluding carboxylic acids is 1. The number of benzene rings is 2. The summed E-state index contributed by atoms with van der Waals surface area (Å²) in [4.78, 5) is 16.5. The Labute approximate surface area is 150 Å². The fourth-order valence-electron chi connectivity index (χ4n) is 2.43. The number of halogens is 1. The molecular formula is C19H18FN3O3. The van der Waals surface area contributed by atoms with Crippen LogP contribution in [0.1, 0.15) is 27.6 Å². The topological polar surface area (TPSA) is 77.2 Å². The van der Waals surface area contributed by atoms with E-state index in [-0.39, 0.29) is 18.3 Å². The van der Waals surface area contributed by atoms with Crippen LogP contribution in [0.15, 0.2) is 53.1 Å². The molecule has 3 aromatic rings. The fraction of sp³-hybridized carbons (Fsp3) is 0.211. The van der Waals surface area contributed by atoms with E-state index in [1.165, 1.54) is 6.07 Å². The maximum atomic E-state index is 13.6. The summed E-state index contributed by atoms with van der Waals surface area (Å²) in [6.07, 6.45) is 0.406. The van der Waals surface area contributed by atoms with Crippen LogP contribution in [0, 0.1) is 12.7 Å². The lowest BCUT2D eigenvalue weighted by Gasteiger charge is -2.11. The van der Waals surface area contributed by atoms with E-state index >= 15 is 0 Å². The first kappa shape index (κ1) is 17.6. The monoisotopic (exact) mass is 355 g/mol. The minimum Gasteiger partial charge on any atom is -0.485 e. The van der Waals surface area contributed by atoms with Gasteiger partial charge in [-0.1, -0.05) is 35.5 Å². The number of aryl methyl sites for hydroxylation is 1. The molecule has 0 bridgehead atoms. The van der Waals surface area contributed by atoms with Crippen molar-refractivity contribution in [2.24, 2.45) is 0 Å². The van der Waals surface area contributed by atoms with Gasteiger partial charge in [-0.05, 0) is 30.2 Å². The standard InChI is InChI=1S/C19H18FN3O3/c1-13-22-18(23-26-13)12-25-17-9-5-3-7-15(17)19(24)21-11-10-14-6-2-4-8-16(14)20/h2-9H,10-12H2,1H3,(H,21,24). The van der Waals surface area contributed by atoms with Gasteiger partial charge in [0.25, 0.3) is 5.91 Å². The van der Waals surface area contributed by atoms with E-state index in [1.807, 2.05) is 0 Å². The number of aromatic nitrogens is 2. The number of nitrogens with one attached hydrogen (secondary N) is 1. The average molecular weight is 355 g/mol. The van der Waals surface area contributed by atoms with E-state index in [1.54, 1.807) is 49.4 Å². The van der Waals surface area contributed by atoms with Gasteiger partial charge in [0.1, 0.15) is 11.6 Å². The largest absolute Gasteiger partial charge is 0.485 e. The number of amides is 1. The predicted molar refractivity (Wildman–Crippen MR) is 92.2 cm³/mol. The second-order valence-electron chi connectivity index (χ2n) is 5.61. The van der Waals surface area contributed by atoms with Crippen molar-refractivity contribution in [1.82, 2.24) is 15.5 Å². The number of carbonyl (C=O) groups is 1. The molecule has 1 amide bonds. The predicted octanol–water partition coefficient (Wildman–Crippen LogP) is 3.07. The van der Waals surface area contributed by atoms with Gasteiger partial charge in [-0.3, -0.25) is 4.79 Å². The number of ether oxygens (including phenoxy) is 1. The zero-order chi connectivity index (χ0) is 18.4. The van der Waals surface area contributed by atoms with E-state index in [4.69, 9.17) is 9.26 Å². The van der Waals surface area contributed by atoms with E-state index < -0.39 is 0 Å². The lowest BCUT2D eigenvalue weighted by atomic mass is 10.1. The van der Waals surface area contributed by atoms with Gasteiger partial charge in [0.05, 0.1) is 5.56 Å². The van der Waals surface area contributed by atoms with Crippen LogP contribution in [-0.4, -0.2) is 22.6 Å². The third-order valence-corrected chi connectivity index (χ3v) is 3.70. The molecule has 0 radical (unpaired) electrons. The van der Waals surface area contributed by atoms with Crippen molar-refractivity contribution in [2.75, 3.05) is 6.54 Å². The molecular weight excluding hydrogens is 337 g/mol. The number of rotatable bonds is 7. The molecule has 134 valence electrons. The second kappa shape index (κ2) is 8.24. The lowest BCUT2D eigenvalue weighted by molar-refractivity contribution is 0.0949. The number of para-hydroxylation sites is 1. The molecule has 0 fully saturated rings. The third-order valence-electron chi connectivity index (χ3n) is 3.70. The molecule has 1 heterocycles. The average Bonchev–Trinajstić information content (AvgIpc) is 3.07. The maximum Gasteiger partial charge on any atom is 0.255 e. The van der Waals surface area contributed by atoms with Gasteiger partial charge in [0, 0.05) is 13.5 Å². The molecule has 0 aliphatic carbocycles. The molecule has 6 nitrogen and oxygen atoms in total. The highest BCUT2D eigenvalue weighted by atomic mass is 19.1. The Balaban J connectivity index is 1.59. The van der Waals surface area contributed by atoms with Crippen molar-refractivity contribution in [3.63, 3.8) is 0 Å². The van der Waals surface area contributed by atoms with Gasteiger partial charge in [0.15, 0.2) is 6.61 Å². The van der Waals surface area contributed by atoms with Crippen LogP contribution < -0.4 is 10.1 Å². The summed E-state index contributed by atoms with van der Waals surface area (Å²) in [5, 5.41) is 6.53. The first-order valence-corrected chi connectivity index (χ1v) is 8.16. The van der Waals surface area contributed by atoms with Crippen LogP contribution in [0.2, 0.25) is 0 Å². The summed E-state index contributed by atoms with van der Waals surface area (Å²) in [5.41, 5.74) is 0.950. The Bertz CT molecular complexity index is 895. The Morgan fingerprint density at radius 2 is 1.96 bits per heavy atom. The highest BCUT2D eigenvalue weighted by molar-refractivity contribution is 5.96. The van der Waals surface area contributed by atoms with E-state index in [0.717, 1.165) is 0 Å². The van der Waals surface area contributed by atoms with Gasteiger partial charge < -0.3 is 14.6 Å². The van der Waals surface area contributed by atoms with Crippen molar-refractivity contribution in [1.29, 1.82) is 0 Å². The molecule has 2 aromatic carbocycles. The first-order valence-electron chi connectivity index (χ1n) is 8.16. The van der Waals surface area contributed by atoms with Gasteiger partial charge in [-0.15, -0.1) is 0 Å². The summed E-state index contributed by atoms with van der Waals surface area (Å²) in [6.45, 7) is 2.10. The summed E-state index contributed by atoms with van der Waals surface area (Å²) >= 11 is 0. The van der Waals surface area contributed by atoms with Gasteiger partial charge >= 0.3 is 0 Å². The minimum absolute atomic E-state index is 0.0941. The Morgan fingerprint density at radius 1 is 1.19 bits per heavy atom. The smallest absolute Gasteiger partial charge is 0.255 e. The van der Waals surface area contributed by atoms with Gasteiger partial charge in [-0.25, -0.2) is 4.39 Å². The second-order valence-corrected chi connectivity index (χ2v) is 5.61. The third kappa shape index (κ3) is 4.44. The van der Waals surface area contributed by atoms with Crippen molar-refractivity contribution < 1.29 is 18.4 Å². The maximum absolute atomic E-state index is 13.6. The molecule has 1 aromatic heterocycles. The normalized spacial score (nSPS) is 10.5. The summed E-state index contributed by atoms with van der Waals surface area (Å²) in [5.74, 6) is 0.695. The van der Waals surface area contributed by atoms with Crippen LogP contribution in [-0.2, 0) is 13.0 Å². The number of hydrogen-bond donors (Lipinski definition) is 1. The summed E-state index contributed by atoms with van der Waals surface area (Å²) in [7, 11) is 0. The fourth-order valence-corrected chi connectivity index (χ4v) is 2.43. The number of hydrogen-bond acceptors (Lipinski definition) is 5. The lowest BCUT2D eigenvalue weighted by Crippen LogP contribution is -2.26. The van der Waals surface area contributed by atoms with Gasteiger partial charge in [-0.2, -0.15) is 4.98 Å². The SMILES string of the molecule is Cc1nc(COc2ccccc2C(=O)NCCc2ccccc2F)no1. The van der Waals surface area contributed by atoms with E-state index in [0.29, 0.717) is 41.6 Å². The van der Waals surface area contributed by atoms with Crippen LogP contribution in [0.3, 0.4) is 0 Å². The quantitative estimate of drug-likeness (QED) is 0.705. The van der Waals surface area contributed by atoms with E-state index in [2.05, 4.69) is 15.5 Å². The summed E-state index contributed by atoms with van der Waals surface area (Å²) < 4.78 is 24.1. The van der Waals surface area contributed by atoms with Crippen LogP contribution in [0.25, 0.3) is 0 Å². The molecule has 0 unspecified atom stereocenters. The van der Waals surface area contributed by atoms with Crippen LogP contribution >= 0.6 is 0 Å². The van der Waals surface area contributed by atoms with Gasteiger partial charge in [0.2, 0.25) is 11.7 Å². The highest BCUT2D eigenvalue weighted by Gasteiger charge is 2.13. The van der Waals surface area contributed by atoms with Crippen LogP contribution in [0.5, 0.6) is 5.75 Å². The highest BCUT2D eigenvalue weighted by Crippen LogP contribution is 2.19. The van der Waals surface area contributed by atoms with E-state index in [9.17, 15) is 9.18 Å². The summed E-state index contributed by atoms with van der Waals surface area (Å²) in [6, 6.07) is 13.4. The Morgan fingerprint density at radius 3 is 2.73 bits per heavy atom. The molecule has 7 heteroatoms. The molecule has 0 saturated carbocycles. The Kier molecular flexibility index (Phi) is 5.58. The first-order chi connectivity index (χ1) is 12.6. The molecule has 0 saturated heterocycles. The molecule has 3 rings (SSSR count). The molecule has 0 atom stereocenters. The molecule has 1 N–H and O–H groups in total. The van der Waals surface area contributed by atoms with Crippen LogP contribution in [0.4, 0.5) is 4.39 Å². The van der Waals surface area contributed by atoms with Crippen molar-refractivity contribution in [2.45, 2.75) is 20.0 Å². The number of nitrogens with zero attached hydrogens (tertiary/aromatic N) is 2. The molecule has 0 spiro atoms. The molecule has 0 aliphatic heterocycles. The zero-order valence-corrected chi connectivity index (χ0v) is 14.2. The molecule has 0 aliphatic rings. The minimum atomic E-state index is -0.291. The van der Waals surface area contributed by atoms with Crippen molar-refractivity contribution in [3.8, 4) is 5.75 Å². The molecule has 26 heavy (non-hydrogen) atoms. The zero-order valence-electron chi connectivity index (χ0n) is 14.2. The Hall–Kier alpha value is -3.22. The van der Waals surface area contributed by atoms with Crippen molar-refractivity contribution >= 4 is 5.91 Å². The van der Waals surface area contributed by atoms with Crippen molar-refractivity contribution in [3.05, 3.63) is 77.2 Å².